The van der Waals surface area contributed by atoms with Crippen molar-refractivity contribution in [2.24, 2.45) is 11.3 Å². The smallest absolute Gasteiger partial charge is 0.228 e. The molecule has 0 spiro atoms. The number of likely N-dealkylation sites (N-methyl/N-ethyl adjacent to an activating group) is 1. The molecule has 0 bridgehead atoms. The van der Waals surface area contributed by atoms with Gasteiger partial charge in [-0.15, -0.1) is 0 Å². The molecule has 0 aliphatic heterocycles. The van der Waals surface area contributed by atoms with Crippen molar-refractivity contribution in [3.8, 4) is 0 Å². The van der Waals surface area contributed by atoms with Gasteiger partial charge in [-0.05, 0) is 50.5 Å². The van der Waals surface area contributed by atoms with Crippen LogP contribution in [-0.2, 0) is 6.42 Å². The molecule has 0 saturated heterocycles. The predicted molar refractivity (Wildman–Crippen MR) is 85.3 cm³/mol. The third-order valence-electron chi connectivity index (χ3n) is 4.77. The van der Waals surface area contributed by atoms with Gasteiger partial charge < -0.3 is 9.84 Å². The lowest BCUT2D eigenvalue weighted by Crippen LogP contribution is -2.29. The second kappa shape index (κ2) is 6.91. The van der Waals surface area contributed by atoms with Crippen molar-refractivity contribution in [1.29, 1.82) is 0 Å². The largest absolute Gasteiger partial charge is 0.339 e. The first kappa shape index (κ1) is 16.5. The highest BCUT2D eigenvalue weighted by Crippen LogP contribution is 2.41. The van der Waals surface area contributed by atoms with E-state index in [1.54, 1.807) is 0 Å². The Bertz CT molecular complexity index is 429. The summed E-state index contributed by atoms with van der Waals surface area (Å²) in [6.07, 6.45) is 6.86. The summed E-state index contributed by atoms with van der Waals surface area (Å²) in [5.41, 5.74) is 0.484. The fourth-order valence-corrected chi connectivity index (χ4v) is 3.26. The molecule has 0 aromatic carbocycles. The lowest BCUT2D eigenvalue weighted by atomic mass is 9.73. The second-order valence-corrected chi connectivity index (χ2v) is 7.80. The van der Waals surface area contributed by atoms with Crippen LogP contribution < -0.4 is 5.32 Å². The molecule has 1 saturated carbocycles. The van der Waals surface area contributed by atoms with Gasteiger partial charge in [0.1, 0.15) is 0 Å². The number of rotatable bonds is 6. The second-order valence-electron chi connectivity index (χ2n) is 7.80. The average molecular weight is 293 g/mol. The number of hydrogen-bond donors (Lipinski definition) is 1. The van der Waals surface area contributed by atoms with Crippen molar-refractivity contribution in [2.75, 3.05) is 7.05 Å². The van der Waals surface area contributed by atoms with Crippen LogP contribution in [0.25, 0.3) is 0 Å². The fraction of sp³-hybridized carbons (Fsp3) is 0.882. The molecule has 0 amide bonds. The van der Waals surface area contributed by atoms with Crippen molar-refractivity contribution in [1.82, 2.24) is 15.5 Å². The van der Waals surface area contributed by atoms with Gasteiger partial charge in [-0.3, -0.25) is 0 Å². The Morgan fingerprint density at radius 2 is 1.95 bits per heavy atom. The first-order chi connectivity index (χ1) is 9.89. The molecule has 1 N–H and O–H groups in total. The molecule has 1 heterocycles. The zero-order valence-electron chi connectivity index (χ0n) is 14.3. The van der Waals surface area contributed by atoms with Crippen LogP contribution in [0.4, 0.5) is 0 Å². The molecular weight excluding hydrogens is 262 g/mol. The van der Waals surface area contributed by atoms with Crippen molar-refractivity contribution in [2.45, 2.75) is 78.2 Å². The van der Waals surface area contributed by atoms with Crippen molar-refractivity contribution in [3.63, 3.8) is 0 Å². The maximum atomic E-state index is 5.48. The first-order valence-corrected chi connectivity index (χ1v) is 8.39. The third-order valence-corrected chi connectivity index (χ3v) is 4.77. The van der Waals surface area contributed by atoms with E-state index in [0.717, 1.165) is 24.6 Å². The summed E-state index contributed by atoms with van der Waals surface area (Å²) >= 11 is 0. The molecule has 1 atom stereocenters. The first-order valence-electron chi connectivity index (χ1n) is 8.39. The van der Waals surface area contributed by atoms with Crippen LogP contribution in [-0.4, -0.2) is 23.2 Å². The van der Waals surface area contributed by atoms with Crippen LogP contribution in [0, 0.1) is 11.3 Å². The van der Waals surface area contributed by atoms with E-state index < -0.39 is 0 Å². The molecule has 120 valence electrons. The lowest BCUT2D eigenvalue weighted by molar-refractivity contribution is 0.218. The summed E-state index contributed by atoms with van der Waals surface area (Å²) in [5.74, 6) is 2.88. The maximum Gasteiger partial charge on any atom is 0.228 e. The molecule has 1 aliphatic rings. The Morgan fingerprint density at radius 3 is 2.52 bits per heavy atom. The zero-order chi connectivity index (χ0) is 15.5. The normalized spacial score (nSPS) is 20.9. The monoisotopic (exact) mass is 293 g/mol. The Kier molecular flexibility index (Phi) is 5.42. The molecule has 21 heavy (non-hydrogen) atoms. The highest BCUT2D eigenvalue weighted by atomic mass is 16.5. The molecule has 4 nitrogen and oxygen atoms in total. The molecule has 1 aliphatic carbocycles. The minimum absolute atomic E-state index is 0.420. The average Bonchev–Trinajstić information content (AvgIpc) is 2.86. The van der Waals surface area contributed by atoms with Crippen LogP contribution in [0.1, 0.15) is 77.4 Å². The minimum atomic E-state index is 0.420. The maximum absolute atomic E-state index is 5.48. The van der Waals surface area contributed by atoms with Gasteiger partial charge in [0.15, 0.2) is 5.82 Å². The topological polar surface area (TPSA) is 51.0 Å². The van der Waals surface area contributed by atoms with E-state index in [9.17, 15) is 0 Å². The van der Waals surface area contributed by atoms with Gasteiger partial charge >= 0.3 is 0 Å². The van der Waals surface area contributed by atoms with Gasteiger partial charge in [0.05, 0.1) is 0 Å². The molecule has 1 unspecified atom stereocenters. The fourth-order valence-electron chi connectivity index (χ4n) is 3.26. The molecule has 1 aromatic heterocycles. The molecule has 1 aromatic rings. The van der Waals surface area contributed by atoms with Gasteiger partial charge in [-0.1, -0.05) is 32.9 Å². The number of nitrogens with one attached hydrogen (secondary N) is 1. The Balaban J connectivity index is 1.92. The minimum Gasteiger partial charge on any atom is -0.339 e. The Hall–Kier alpha value is -0.900. The van der Waals surface area contributed by atoms with Gasteiger partial charge in [0.25, 0.3) is 0 Å². The summed E-state index contributed by atoms with van der Waals surface area (Å²) in [7, 11) is 2.01. The third kappa shape index (κ3) is 4.80. The van der Waals surface area contributed by atoms with E-state index in [1.807, 2.05) is 7.05 Å². The van der Waals surface area contributed by atoms with Gasteiger partial charge in [0, 0.05) is 18.4 Å². The van der Waals surface area contributed by atoms with E-state index in [2.05, 4.69) is 43.2 Å². The SMILES string of the molecule is CNC(Cc1nc(C2CCC(C)(C)CC2)no1)CC(C)C. The van der Waals surface area contributed by atoms with Crippen LogP contribution in [0.3, 0.4) is 0 Å². The van der Waals surface area contributed by atoms with Crippen LogP contribution in [0.2, 0.25) is 0 Å². The van der Waals surface area contributed by atoms with E-state index in [0.29, 0.717) is 23.3 Å². The Morgan fingerprint density at radius 1 is 1.29 bits per heavy atom. The van der Waals surface area contributed by atoms with E-state index in [1.165, 1.54) is 25.7 Å². The van der Waals surface area contributed by atoms with Crippen LogP contribution >= 0.6 is 0 Å². The zero-order valence-corrected chi connectivity index (χ0v) is 14.3. The van der Waals surface area contributed by atoms with Crippen molar-refractivity contribution in [3.05, 3.63) is 11.7 Å². The Labute approximate surface area is 129 Å². The summed E-state index contributed by atoms with van der Waals surface area (Å²) in [6.45, 7) is 9.20. The molecular formula is C17H31N3O. The van der Waals surface area contributed by atoms with Gasteiger partial charge in [-0.25, -0.2) is 0 Å². The molecule has 4 heteroatoms. The van der Waals surface area contributed by atoms with Gasteiger partial charge in [0.2, 0.25) is 5.89 Å². The summed E-state index contributed by atoms with van der Waals surface area (Å²) in [6, 6.07) is 0.420. The number of aromatic nitrogens is 2. The highest BCUT2D eigenvalue weighted by Gasteiger charge is 2.30. The van der Waals surface area contributed by atoms with Crippen molar-refractivity contribution >= 4 is 0 Å². The quantitative estimate of drug-likeness (QED) is 0.863. The summed E-state index contributed by atoms with van der Waals surface area (Å²) in [5, 5.41) is 7.59. The predicted octanol–water partition coefficient (Wildman–Crippen LogP) is 3.93. The number of nitrogens with zero attached hydrogens (tertiary/aromatic N) is 2. The summed E-state index contributed by atoms with van der Waals surface area (Å²) in [4.78, 5) is 4.66. The standard InChI is InChI=1S/C17H31N3O/c1-12(2)10-14(18-5)11-15-19-16(20-21-15)13-6-8-17(3,4)9-7-13/h12-14,18H,6-11H2,1-5H3. The van der Waals surface area contributed by atoms with Crippen LogP contribution in [0.5, 0.6) is 0 Å². The molecule has 1 fully saturated rings. The molecule has 2 rings (SSSR count). The van der Waals surface area contributed by atoms with Crippen LogP contribution in [0.15, 0.2) is 4.52 Å². The van der Waals surface area contributed by atoms with Gasteiger partial charge in [-0.2, -0.15) is 4.98 Å². The lowest BCUT2D eigenvalue weighted by Gasteiger charge is -2.32. The van der Waals surface area contributed by atoms with E-state index in [4.69, 9.17) is 4.52 Å². The van der Waals surface area contributed by atoms with E-state index >= 15 is 0 Å². The summed E-state index contributed by atoms with van der Waals surface area (Å²) < 4.78 is 5.48. The highest BCUT2D eigenvalue weighted by molar-refractivity contribution is 4.99. The number of hydrogen-bond acceptors (Lipinski definition) is 4. The molecule has 0 radical (unpaired) electrons. The van der Waals surface area contributed by atoms with E-state index in [-0.39, 0.29) is 0 Å². The van der Waals surface area contributed by atoms with Crippen molar-refractivity contribution < 1.29 is 4.52 Å².